The maximum atomic E-state index is 12.6. The Labute approximate surface area is 139 Å². The van der Waals surface area contributed by atoms with Gasteiger partial charge in [0.1, 0.15) is 0 Å². The van der Waals surface area contributed by atoms with Crippen LogP contribution >= 0.6 is 0 Å². The van der Waals surface area contributed by atoms with Gasteiger partial charge < -0.3 is 15.1 Å². The van der Waals surface area contributed by atoms with Crippen molar-refractivity contribution >= 4 is 11.8 Å². The fraction of sp³-hybridized carbons (Fsp3) is 0.882. The lowest BCUT2D eigenvalue weighted by atomic mass is 10.1. The molecule has 0 aromatic rings. The quantitative estimate of drug-likeness (QED) is 0.811. The normalized spacial score (nSPS) is 27.8. The van der Waals surface area contributed by atoms with Crippen molar-refractivity contribution in [3.63, 3.8) is 0 Å². The van der Waals surface area contributed by atoms with Crippen LogP contribution in [0.25, 0.3) is 0 Å². The fourth-order valence-electron chi connectivity index (χ4n) is 3.96. The molecule has 0 aliphatic carbocycles. The van der Waals surface area contributed by atoms with E-state index in [1.165, 1.54) is 6.42 Å². The highest BCUT2D eigenvalue weighted by molar-refractivity contribution is 5.85. The molecular formula is C17H30N4O2. The van der Waals surface area contributed by atoms with Crippen LogP contribution in [0.4, 0.5) is 0 Å². The van der Waals surface area contributed by atoms with E-state index in [0.717, 1.165) is 71.5 Å². The Balaban J connectivity index is 1.49. The Kier molecular flexibility index (Phi) is 5.89. The summed E-state index contributed by atoms with van der Waals surface area (Å²) in [4.78, 5) is 31.0. The first-order chi connectivity index (χ1) is 11.2. The zero-order valence-electron chi connectivity index (χ0n) is 14.1. The number of hydrogen-bond acceptors (Lipinski definition) is 4. The van der Waals surface area contributed by atoms with Crippen LogP contribution in [0.2, 0.25) is 0 Å². The Morgan fingerprint density at radius 2 is 1.83 bits per heavy atom. The van der Waals surface area contributed by atoms with E-state index in [1.54, 1.807) is 4.90 Å². The number of rotatable bonds is 3. The number of piperazine rings is 1. The molecule has 130 valence electrons. The first-order valence-electron chi connectivity index (χ1n) is 9.24. The van der Waals surface area contributed by atoms with Crippen molar-refractivity contribution in [1.82, 2.24) is 20.0 Å². The van der Waals surface area contributed by atoms with E-state index >= 15 is 0 Å². The van der Waals surface area contributed by atoms with Crippen LogP contribution in [0.5, 0.6) is 0 Å². The third-order valence-electron chi connectivity index (χ3n) is 5.43. The molecule has 1 unspecified atom stereocenters. The van der Waals surface area contributed by atoms with E-state index < -0.39 is 0 Å². The average Bonchev–Trinajstić information content (AvgIpc) is 3.05. The molecule has 0 aromatic heterocycles. The number of hydrogen-bond donors (Lipinski definition) is 1. The molecule has 1 N–H and O–H groups in total. The van der Waals surface area contributed by atoms with Crippen LogP contribution in [0.15, 0.2) is 0 Å². The molecule has 0 spiro atoms. The summed E-state index contributed by atoms with van der Waals surface area (Å²) in [6.45, 7) is 6.97. The van der Waals surface area contributed by atoms with Gasteiger partial charge in [0.25, 0.3) is 0 Å². The van der Waals surface area contributed by atoms with Crippen molar-refractivity contribution in [3.8, 4) is 0 Å². The van der Waals surface area contributed by atoms with Gasteiger partial charge in [-0.15, -0.1) is 0 Å². The Bertz CT molecular complexity index is 423. The highest BCUT2D eigenvalue weighted by Crippen LogP contribution is 2.17. The molecule has 6 heteroatoms. The first-order valence-corrected chi connectivity index (χ1v) is 9.24. The number of carbonyl (C=O) groups excluding carboxylic acids is 2. The van der Waals surface area contributed by atoms with Crippen LogP contribution in [-0.2, 0) is 9.59 Å². The van der Waals surface area contributed by atoms with Crippen molar-refractivity contribution in [2.75, 3.05) is 52.4 Å². The lowest BCUT2D eigenvalue weighted by Crippen LogP contribution is -2.50. The maximum Gasteiger partial charge on any atom is 0.242 e. The largest absolute Gasteiger partial charge is 0.340 e. The van der Waals surface area contributed by atoms with E-state index in [-0.39, 0.29) is 18.4 Å². The van der Waals surface area contributed by atoms with Gasteiger partial charge in [-0.05, 0) is 19.3 Å². The van der Waals surface area contributed by atoms with E-state index in [1.807, 2.05) is 4.90 Å². The second-order valence-corrected chi connectivity index (χ2v) is 7.05. The number of likely N-dealkylation sites (tertiary alicyclic amines) is 2. The Morgan fingerprint density at radius 3 is 2.65 bits per heavy atom. The number of nitrogens with one attached hydrogen (secondary N) is 1. The molecule has 0 bridgehead atoms. The summed E-state index contributed by atoms with van der Waals surface area (Å²) < 4.78 is 0. The minimum absolute atomic E-state index is 0.136. The SMILES string of the molecule is O=C1CCCCCCN1CC(=O)N1CCC(N2CCNCC2)C1. The molecule has 3 rings (SSSR count). The number of carbonyl (C=O) groups is 2. The monoisotopic (exact) mass is 322 g/mol. The average molecular weight is 322 g/mol. The summed E-state index contributed by atoms with van der Waals surface area (Å²) in [6.07, 6.45) is 6.00. The minimum atomic E-state index is 0.136. The predicted octanol–water partition coefficient (Wildman–Crippen LogP) is 0.285. The molecule has 0 saturated carbocycles. The van der Waals surface area contributed by atoms with Gasteiger partial charge in [0, 0.05) is 58.3 Å². The van der Waals surface area contributed by atoms with Crippen molar-refractivity contribution in [1.29, 1.82) is 0 Å². The summed E-state index contributed by atoms with van der Waals surface area (Å²) in [5.41, 5.74) is 0. The van der Waals surface area contributed by atoms with Crippen molar-refractivity contribution in [2.24, 2.45) is 0 Å². The van der Waals surface area contributed by atoms with Gasteiger partial charge in [-0.1, -0.05) is 12.8 Å². The molecule has 23 heavy (non-hydrogen) atoms. The van der Waals surface area contributed by atoms with Crippen molar-refractivity contribution < 1.29 is 9.59 Å². The maximum absolute atomic E-state index is 12.6. The van der Waals surface area contributed by atoms with Gasteiger partial charge in [0.05, 0.1) is 6.54 Å². The van der Waals surface area contributed by atoms with E-state index in [9.17, 15) is 9.59 Å². The molecular weight excluding hydrogens is 292 g/mol. The van der Waals surface area contributed by atoms with Gasteiger partial charge in [-0.2, -0.15) is 0 Å². The van der Waals surface area contributed by atoms with Gasteiger partial charge in [-0.25, -0.2) is 0 Å². The number of nitrogens with zero attached hydrogens (tertiary/aromatic N) is 3. The lowest BCUT2D eigenvalue weighted by Gasteiger charge is -2.32. The number of amides is 2. The zero-order chi connectivity index (χ0) is 16.1. The van der Waals surface area contributed by atoms with Crippen molar-refractivity contribution in [2.45, 2.75) is 44.6 Å². The minimum Gasteiger partial charge on any atom is -0.340 e. The third kappa shape index (κ3) is 4.44. The first kappa shape index (κ1) is 16.7. The summed E-state index contributed by atoms with van der Waals surface area (Å²) in [5, 5.41) is 3.38. The summed E-state index contributed by atoms with van der Waals surface area (Å²) in [7, 11) is 0. The van der Waals surface area contributed by atoms with Crippen LogP contribution < -0.4 is 5.32 Å². The standard InChI is InChI=1S/C17H30N4O2/c22-16-5-3-1-2-4-9-20(16)14-17(23)21-10-6-15(13-21)19-11-7-18-8-12-19/h15,18H,1-14H2. The molecule has 3 saturated heterocycles. The van der Waals surface area contributed by atoms with Crippen LogP contribution in [0.1, 0.15) is 38.5 Å². The molecule has 6 nitrogen and oxygen atoms in total. The topological polar surface area (TPSA) is 55.9 Å². The molecule has 2 amide bonds. The summed E-state index contributed by atoms with van der Waals surface area (Å²) >= 11 is 0. The third-order valence-corrected chi connectivity index (χ3v) is 5.43. The molecule has 1 atom stereocenters. The van der Waals surface area contributed by atoms with E-state index in [2.05, 4.69) is 10.2 Å². The molecule has 3 heterocycles. The van der Waals surface area contributed by atoms with E-state index in [4.69, 9.17) is 0 Å². The molecule has 3 fully saturated rings. The Hall–Kier alpha value is -1.14. The predicted molar refractivity (Wildman–Crippen MR) is 89.1 cm³/mol. The molecule has 3 aliphatic heterocycles. The highest BCUT2D eigenvalue weighted by atomic mass is 16.2. The molecule has 0 radical (unpaired) electrons. The van der Waals surface area contributed by atoms with Crippen LogP contribution in [-0.4, -0.2) is 84.9 Å². The smallest absolute Gasteiger partial charge is 0.242 e. The Morgan fingerprint density at radius 1 is 1.04 bits per heavy atom. The van der Waals surface area contributed by atoms with E-state index in [0.29, 0.717) is 12.5 Å². The summed E-state index contributed by atoms with van der Waals surface area (Å²) in [5.74, 6) is 0.299. The van der Waals surface area contributed by atoms with Crippen LogP contribution in [0, 0.1) is 0 Å². The summed E-state index contributed by atoms with van der Waals surface area (Å²) in [6, 6.07) is 0.504. The lowest BCUT2D eigenvalue weighted by molar-refractivity contribution is -0.140. The van der Waals surface area contributed by atoms with Gasteiger partial charge in [-0.3, -0.25) is 14.5 Å². The van der Waals surface area contributed by atoms with Crippen LogP contribution in [0.3, 0.4) is 0 Å². The van der Waals surface area contributed by atoms with Gasteiger partial charge in [0.15, 0.2) is 0 Å². The van der Waals surface area contributed by atoms with Gasteiger partial charge >= 0.3 is 0 Å². The molecule has 3 aliphatic rings. The highest BCUT2D eigenvalue weighted by Gasteiger charge is 2.32. The fourth-order valence-corrected chi connectivity index (χ4v) is 3.96. The van der Waals surface area contributed by atoms with Crippen molar-refractivity contribution in [3.05, 3.63) is 0 Å². The zero-order valence-corrected chi connectivity index (χ0v) is 14.1. The second-order valence-electron chi connectivity index (χ2n) is 7.05. The molecule has 0 aromatic carbocycles. The van der Waals surface area contributed by atoms with Gasteiger partial charge in [0.2, 0.25) is 11.8 Å². The second kappa shape index (κ2) is 8.11.